The summed E-state index contributed by atoms with van der Waals surface area (Å²) in [6.07, 6.45) is 1.07. The highest BCUT2D eigenvalue weighted by atomic mass is 79.9. The molecule has 2 aromatic rings. The Hall–Kier alpha value is -2.28. The molecule has 0 radical (unpaired) electrons. The van der Waals surface area contributed by atoms with Gasteiger partial charge in [-0.1, -0.05) is 28.1 Å². The topological polar surface area (TPSA) is 82.2 Å². The molecule has 1 heterocycles. The molecule has 0 saturated carbocycles. The van der Waals surface area contributed by atoms with Crippen LogP contribution < -0.4 is 5.56 Å². The Morgan fingerprint density at radius 1 is 1.30 bits per heavy atom. The van der Waals surface area contributed by atoms with Crippen LogP contribution in [0.25, 0.3) is 0 Å². The molecule has 0 N–H and O–H groups in total. The number of pyridine rings is 1. The summed E-state index contributed by atoms with van der Waals surface area (Å²) in [7, 11) is 0. The van der Waals surface area contributed by atoms with Gasteiger partial charge < -0.3 is 4.57 Å². The number of nitrogens with zero attached hydrogens (tertiary/aromatic N) is 2. The summed E-state index contributed by atoms with van der Waals surface area (Å²) >= 11 is 3.25. The number of carbonyl (C=O) groups excluding carboxylic acids is 1. The van der Waals surface area contributed by atoms with E-state index >= 15 is 0 Å². The van der Waals surface area contributed by atoms with Crippen LogP contribution in [0, 0.1) is 10.1 Å². The predicted octanol–water partition coefficient (Wildman–Crippen LogP) is 2.40. The van der Waals surface area contributed by atoms with Crippen molar-refractivity contribution in [1.29, 1.82) is 0 Å². The summed E-state index contributed by atoms with van der Waals surface area (Å²) in [6.45, 7) is -0.239. The number of nitro groups is 1. The van der Waals surface area contributed by atoms with Crippen molar-refractivity contribution < 1.29 is 9.72 Å². The molecule has 6 nitrogen and oxygen atoms in total. The fraction of sp³-hybridized carbons (Fsp3) is 0.0769. The van der Waals surface area contributed by atoms with Crippen LogP contribution in [0.1, 0.15) is 10.4 Å². The third-order valence-corrected chi connectivity index (χ3v) is 3.13. The molecule has 0 saturated heterocycles. The average Bonchev–Trinajstić information content (AvgIpc) is 2.41. The summed E-state index contributed by atoms with van der Waals surface area (Å²) in [5, 5.41) is 10.7. The van der Waals surface area contributed by atoms with Gasteiger partial charge in [-0.3, -0.25) is 19.7 Å². The van der Waals surface area contributed by atoms with Crippen molar-refractivity contribution in [2.75, 3.05) is 0 Å². The number of Topliss-reactive ketones (excluding diaryl/α,β-unsaturated/α-hetero) is 1. The van der Waals surface area contributed by atoms with Gasteiger partial charge in [0.2, 0.25) is 0 Å². The molecule has 0 fully saturated rings. The van der Waals surface area contributed by atoms with Crippen LogP contribution in [0.3, 0.4) is 0 Å². The van der Waals surface area contributed by atoms with E-state index in [0.29, 0.717) is 5.56 Å². The second kappa shape index (κ2) is 5.79. The van der Waals surface area contributed by atoms with E-state index in [0.717, 1.165) is 27.4 Å². The molecule has 0 atom stereocenters. The second-order valence-corrected chi connectivity index (χ2v) is 4.96. The zero-order chi connectivity index (χ0) is 14.7. The van der Waals surface area contributed by atoms with Crippen LogP contribution in [0.4, 0.5) is 5.69 Å². The number of rotatable bonds is 4. The highest BCUT2D eigenvalue weighted by Crippen LogP contribution is 2.13. The summed E-state index contributed by atoms with van der Waals surface area (Å²) in [5.41, 5.74) is -0.261. The van der Waals surface area contributed by atoms with Crippen molar-refractivity contribution in [3.05, 3.63) is 73.1 Å². The maximum atomic E-state index is 12.0. The summed E-state index contributed by atoms with van der Waals surface area (Å²) in [6, 6.07) is 8.92. The van der Waals surface area contributed by atoms with Crippen LogP contribution in [-0.2, 0) is 6.54 Å². The molecule has 0 aliphatic heterocycles. The zero-order valence-electron chi connectivity index (χ0n) is 10.2. The van der Waals surface area contributed by atoms with Gasteiger partial charge in [-0.25, -0.2) is 0 Å². The lowest BCUT2D eigenvalue weighted by Crippen LogP contribution is -2.23. The largest absolute Gasteiger partial charge is 0.301 e. The Labute approximate surface area is 121 Å². The molecule has 0 aliphatic carbocycles. The SMILES string of the molecule is O=C(Cn1cc([N+](=O)[O-])ccc1=O)c1cccc(Br)c1. The predicted molar refractivity (Wildman–Crippen MR) is 75.8 cm³/mol. The Bertz CT molecular complexity index is 739. The fourth-order valence-electron chi connectivity index (χ4n) is 1.66. The van der Waals surface area contributed by atoms with Gasteiger partial charge in [-0.15, -0.1) is 0 Å². The Balaban J connectivity index is 2.30. The molecule has 102 valence electrons. The molecule has 0 spiro atoms. The quantitative estimate of drug-likeness (QED) is 0.487. The van der Waals surface area contributed by atoms with Crippen molar-refractivity contribution in [3.63, 3.8) is 0 Å². The van der Waals surface area contributed by atoms with Crippen molar-refractivity contribution in [3.8, 4) is 0 Å². The Morgan fingerprint density at radius 2 is 2.05 bits per heavy atom. The van der Waals surface area contributed by atoms with Gasteiger partial charge >= 0.3 is 0 Å². The molecule has 1 aromatic carbocycles. The fourth-order valence-corrected chi connectivity index (χ4v) is 2.06. The maximum Gasteiger partial charge on any atom is 0.285 e. The highest BCUT2D eigenvalue weighted by molar-refractivity contribution is 9.10. The first-order valence-electron chi connectivity index (χ1n) is 5.61. The van der Waals surface area contributed by atoms with Gasteiger partial charge in [0.1, 0.15) is 0 Å². The molecular weight excluding hydrogens is 328 g/mol. The van der Waals surface area contributed by atoms with Crippen LogP contribution in [0.2, 0.25) is 0 Å². The molecule has 1 aromatic heterocycles. The lowest BCUT2D eigenvalue weighted by atomic mass is 10.1. The molecule has 7 heteroatoms. The number of hydrogen-bond donors (Lipinski definition) is 0. The standard InChI is InChI=1S/C13H9BrN2O4/c14-10-3-1-2-9(6-10)12(17)8-15-7-11(16(19)20)4-5-13(15)18/h1-7H,8H2. The van der Waals surface area contributed by atoms with Gasteiger partial charge in [0.05, 0.1) is 17.7 Å². The van der Waals surface area contributed by atoms with Crippen LogP contribution in [0.5, 0.6) is 0 Å². The third kappa shape index (κ3) is 3.18. The van der Waals surface area contributed by atoms with Crippen molar-refractivity contribution >= 4 is 27.4 Å². The van der Waals surface area contributed by atoms with E-state index in [9.17, 15) is 19.7 Å². The second-order valence-electron chi connectivity index (χ2n) is 4.04. The molecule has 20 heavy (non-hydrogen) atoms. The number of ketones is 1. The number of benzene rings is 1. The molecular formula is C13H9BrN2O4. The summed E-state index contributed by atoms with van der Waals surface area (Å²) < 4.78 is 1.77. The van der Waals surface area contributed by atoms with Gasteiger partial charge in [0, 0.05) is 22.2 Å². The van der Waals surface area contributed by atoms with E-state index in [2.05, 4.69) is 15.9 Å². The number of halogens is 1. The maximum absolute atomic E-state index is 12.0. The average molecular weight is 337 g/mol. The zero-order valence-corrected chi connectivity index (χ0v) is 11.7. The lowest BCUT2D eigenvalue weighted by Gasteiger charge is -2.05. The Morgan fingerprint density at radius 3 is 2.70 bits per heavy atom. The number of hydrogen-bond acceptors (Lipinski definition) is 4. The number of carbonyl (C=O) groups is 1. The van der Waals surface area contributed by atoms with Crippen molar-refractivity contribution in [2.24, 2.45) is 0 Å². The molecule has 0 aliphatic rings. The van der Waals surface area contributed by atoms with Gasteiger partial charge in [0.25, 0.3) is 11.2 Å². The van der Waals surface area contributed by atoms with Crippen molar-refractivity contribution in [1.82, 2.24) is 4.57 Å². The van der Waals surface area contributed by atoms with E-state index in [4.69, 9.17) is 0 Å². The summed E-state index contributed by atoms with van der Waals surface area (Å²) in [5.74, 6) is -0.297. The van der Waals surface area contributed by atoms with Gasteiger partial charge in [-0.05, 0) is 12.1 Å². The van der Waals surface area contributed by atoms with E-state index in [1.54, 1.807) is 24.3 Å². The van der Waals surface area contributed by atoms with Crippen LogP contribution in [0.15, 0.2) is 51.9 Å². The third-order valence-electron chi connectivity index (χ3n) is 2.64. The molecule has 2 rings (SSSR count). The first-order chi connectivity index (χ1) is 9.47. The van der Waals surface area contributed by atoms with E-state index < -0.39 is 10.5 Å². The van der Waals surface area contributed by atoms with Crippen LogP contribution >= 0.6 is 15.9 Å². The van der Waals surface area contributed by atoms with E-state index in [-0.39, 0.29) is 18.0 Å². The molecule has 0 unspecified atom stereocenters. The Kier molecular flexibility index (Phi) is 4.09. The van der Waals surface area contributed by atoms with E-state index in [1.807, 2.05) is 0 Å². The minimum atomic E-state index is -0.612. The van der Waals surface area contributed by atoms with Crippen molar-refractivity contribution in [2.45, 2.75) is 6.54 Å². The first-order valence-corrected chi connectivity index (χ1v) is 6.40. The van der Waals surface area contributed by atoms with Crippen LogP contribution in [-0.4, -0.2) is 15.3 Å². The first kappa shape index (κ1) is 14.1. The minimum absolute atomic E-state index is 0.230. The smallest absolute Gasteiger partial charge is 0.285 e. The minimum Gasteiger partial charge on any atom is -0.301 e. The lowest BCUT2D eigenvalue weighted by molar-refractivity contribution is -0.385. The normalized spacial score (nSPS) is 10.2. The van der Waals surface area contributed by atoms with Gasteiger partial charge in [-0.2, -0.15) is 0 Å². The molecule has 0 amide bonds. The summed E-state index contributed by atoms with van der Waals surface area (Å²) in [4.78, 5) is 33.7. The van der Waals surface area contributed by atoms with Gasteiger partial charge in [0.15, 0.2) is 5.78 Å². The highest BCUT2D eigenvalue weighted by Gasteiger charge is 2.12. The number of aromatic nitrogens is 1. The molecule has 0 bridgehead atoms. The van der Waals surface area contributed by atoms with E-state index in [1.165, 1.54) is 0 Å². The monoisotopic (exact) mass is 336 g/mol.